The summed E-state index contributed by atoms with van der Waals surface area (Å²) in [6.45, 7) is 8.54. The molecule has 0 amide bonds. The van der Waals surface area contributed by atoms with Crippen molar-refractivity contribution in [1.29, 1.82) is 0 Å². The summed E-state index contributed by atoms with van der Waals surface area (Å²) in [5, 5.41) is 4.94. The van der Waals surface area contributed by atoms with Crippen LogP contribution in [-0.4, -0.2) is 49.9 Å². The second-order valence-corrected chi connectivity index (χ2v) is 9.02. The molecule has 4 nitrogen and oxygen atoms in total. The molecule has 6 heteroatoms. The highest BCUT2D eigenvalue weighted by molar-refractivity contribution is 6.42. The van der Waals surface area contributed by atoms with Crippen molar-refractivity contribution in [1.82, 2.24) is 10.2 Å². The molecule has 2 aromatic carbocycles. The monoisotopic (exact) mass is 436 g/mol. The third-order valence-electron chi connectivity index (χ3n) is 5.26. The fourth-order valence-corrected chi connectivity index (χ4v) is 4.05. The van der Waals surface area contributed by atoms with Gasteiger partial charge in [0.25, 0.3) is 0 Å². The number of nitrogens with one attached hydrogen (secondary N) is 1. The number of hydrogen-bond acceptors (Lipinski definition) is 4. The van der Waals surface area contributed by atoms with Gasteiger partial charge in [-0.15, -0.1) is 0 Å². The minimum atomic E-state index is -0.0313. The van der Waals surface area contributed by atoms with Crippen molar-refractivity contribution in [2.45, 2.75) is 38.5 Å². The number of morpholine rings is 1. The number of nitrogens with zero attached hydrogens (tertiary/aromatic N) is 1. The largest absolute Gasteiger partial charge is 0.497 e. The number of halogens is 2. The summed E-state index contributed by atoms with van der Waals surface area (Å²) in [6.07, 6.45) is 1.09. The van der Waals surface area contributed by atoms with Crippen molar-refractivity contribution in [2.24, 2.45) is 0 Å². The van der Waals surface area contributed by atoms with Gasteiger partial charge >= 0.3 is 0 Å². The second-order valence-electron chi connectivity index (χ2n) is 8.23. The van der Waals surface area contributed by atoms with E-state index in [0.717, 1.165) is 50.5 Å². The van der Waals surface area contributed by atoms with E-state index in [1.807, 2.05) is 30.3 Å². The van der Waals surface area contributed by atoms with E-state index >= 15 is 0 Å². The third kappa shape index (κ3) is 6.59. The van der Waals surface area contributed by atoms with E-state index in [9.17, 15) is 0 Å². The first-order chi connectivity index (χ1) is 13.9. The van der Waals surface area contributed by atoms with Crippen molar-refractivity contribution in [3.63, 3.8) is 0 Å². The molecule has 158 valence electrons. The van der Waals surface area contributed by atoms with E-state index < -0.39 is 0 Å². The summed E-state index contributed by atoms with van der Waals surface area (Å²) < 4.78 is 11.2. The molecule has 0 radical (unpaired) electrons. The summed E-state index contributed by atoms with van der Waals surface area (Å²) in [4.78, 5) is 2.38. The maximum Gasteiger partial charge on any atom is 0.118 e. The van der Waals surface area contributed by atoms with Crippen LogP contribution < -0.4 is 10.1 Å². The van der Waals surface area contributed by atoms with E-state index in [2.05, 4.69) is 36.2 Å². The first kappa shape index (κ1) is 22.4. The average molecular weight is 437 g/mol. The van der Waals surface area contributed by atoms with Crippen LogP contribution in [0.4, 0.5) is 0 Å². The third-order valence-corrected chi connectivity index (χ3v) is 6.12. The predicted octanol–water partition coefficient (Wildman–Crippen LogP) is 4.81. The number of benzene rings is 2. The Morgan fingerprint density at radius 2 is 1.93 bits per heavy atom. The molecular weight excluding hydrogens is 407 g/mol. The van der Waals surface area contributed by atoms with Crippen molar-refractivity contribution < 1.29 is 9.47 Å². The molecule has 1 fully saturated rings. The minimum absolute atomic E-state index is 0.0313. The van der Waals surface area contributed by atoms with E-state index in [4.69, 9.17) is 32.7 Å². The summed E-state index contributed by atoms with van der Waals surface area (Å²) >= 11 is 12.5. The molecule has 1 N–H and O–H groups in total. The Labute approximate surface area is 184 Å². The molecule has 3 rings (SSSR count). The van der Waals surface area contributed by atoms with Gasteiger partial charge in [-0.1, -0.05) is 47.5 Å². The summed E-state index contributed by atoms with van der Waals surface area (Å²) in [7, 11) is 1.69. The first-order valence-corrected chi connectivity index (χ1v) is 10.8. The molecule has 29 heavy (non-hydrogen) atoms. The molecule has 1 saturated heterocycles. The molecular formula is C23H30Cl2N2O2. The van der Waals surface area contributed by atoms with Gasteiger partial charge in [-0.05, 0) is 49.6 Å². The van der Waals surface area contributed by atoms with E-state index in [1.54, 1.807) is 7.11 Å². The standard InChI is InChI=1S/C23H30Cl2N2O2/c1-23(2,13-17-7-9-19(28-3)10-8-17)26-14-20-16-27(11-12-29-20)15-18-5-4-6-21(24)22(18)25/h4-10,20,26H,11-16H2,1-3H3. The van der Waals surface area contributed by atoms with Crippen molar-refractivity contribution in [2.75, 3.05) is 33.4 Å². The maximum atomic E-state index is 6.36. The smallest absolute Gasteiger partial charge is 0.118 e. The van der Waals surface area contributed by atoms with Gasteiger partial charge in [0, 0.05) is 31.7 Å². The van der Waals surface area contributed by atoms with E-state index in [-0.39, 0.29) is 11.6 Å². The fourth-order valence-electron chi connectivity index (χ4n) is 3.67. The predicted molar refractivity (Wildman–Crippen MR) is 120 cm³/mol. The van der Waals surface area contributed by atoms with E-state index in [0.29, 0.717) is 10.0 Å². The lowest BCUT2D eigenvalue weighted by atomic mass is 9.94. The second kappa shape index (κ2) is 10.1. The fraction of sp³-hybridized carbons (Fsp3) is 0.478. The zero-order chi connectivity index (χ0) is 20.9. The summed E-state index contributed by atoms with van der Waals surface area (Å²) in [5.74, 6) is 0.884. The topological polar surface area (TPSA) is 33.7 Å². The molecule has 1 aliphatic rings. The van der Waals surface area contributed by atoms with E-state index in [1.165, 1.54) is 5.56 Å². The molecule has 2 aromatic rings. The van der Waals surface area contributed by atoms with Crippen molar-refractivity contribution in [3.05, 3.63) is 63.6 Å². The molecule has 0 aliphatic carbocycles. The highest BCUT2D eigenvalue weighted by Crippen LogP contribution is 2.27. The lowest BCUT2D eigenvalue weighted by molar-refractivity contribution is -0.0325. The van der Waals surface area contributed by atoms with Crippen LogP contribution in [0.2, 0.25) is 10.0 Å². The van der Waals surface area contributed by atoms with Crippen LogP contribution in [0.3, 0.4) is 0 Å². The summed E-state index contributed by atoms with van der Waals surface area (Å²) in [6, 6.07) is 14.1. The molecule has 1 heterocycles. The van der Waals surface area contributed by atoms with Crippen LogP contribution in [0, 0.1) is 0 Å². The lowest BCUT2D eigenvalue weighted by Crippen LogP contribution is -2.51. The molecule has 0 saturated carbocycles. The quantitative estimate of drug-likeness (QED) is 0.643. The van der Waals surface area contributed by atoms with Crippen LogP contribution >= 0.6 is 23.2 Å². The molecule has 1 atom stereocenters. The zero-order valence-electron chi connectivity index (χ0n) is 17.4. The SMILES string of the molecule is COc1ccc(CC(C)(C)NCC2CN(Cc3cccc(Cl)c3Cl)CCO2)cc1. The highest BCUT2D eigenvalue weighted by atomic mass is 35.5. The average Bonchev–Trinajstić information content (AvgIpc) is 2.71. The highest BCUT2D eigenvalue weighted by Gasteiger charge is 2.25. The number of rotatable bonds is 8. The van der Waals surface area contributed by atoms with Gasteiger partial charge in [-0.3, -0.25) is 4.90 Å². The number of methoxy groups -OCH3 is 1. The van der Waals surface area contributed by atoms with Gasteiger partial charge in [0.2, 0.25) is 0 Å². The van der Waals surface area contributed by atoms with Gasteiger partial charge in [0.1, 0.15) is 5.75 Å². The van der Waals surface area contributed by atoms with Crippen molar-refractivity contribution >= 4 is 23.2 Å². The van der Waals surface area contributed by atoms with Crippen LogP contribution in [0.1, 0.15) is 25.0 Å². The van der Waals surface area contributed by atoms with Gasteiger partial charge in [-0.25, -0.2) is 0 Å². The van der Waals surface area contributed by atoms with Crippen molar-refractivity contribution in [3.8, 4) is 5.75 Å². The van der Waals surface area contributed by atoms with Gasteiger partial charge in [-0.2, -0.15) is 0 Å². The molecule has 0 aromatic heterocycles. The lowest BCUT2D eigenvalue weighted by Gasteiger charge is -2.35. The van der Waals surface area contributed by atoms with Crippen LogP contribution in [0.15, 0.2) is 42.5 Å². The molecule has 0 spiro atoms. The minimum Gasteiger partial charge on any atom is -0.497 e. The van der Waals surface area contributed by atoms with Crippen LogP contribution in [0.25, 0.3) is 0 Å². The Kier molecular flexibility index (Phi) is 7.83. The Balaban J connectivity index is 1.51. The number of ether oxygens (including phenoxy) is 2. The Bertz CT molecular complexity index is 796. The Hall–Kier alpha value is -1.30. The summed E-state index contributed by atoms with van der Waals surface area (Å²) in [5.41, 5.74) is 2.31. The first-order valence-electron chi connectivity index (χ1n) is 10.0. The molecule has 1 unspecified atom stereocenters. The van der Waals surface area contributed by atoms with Gasteiger partial charge in [0.05, 0.1) is 29.9 Å². The van der Waals surface area contributed by atoms with Crippen LogP contribution in [-0.2, 0) is 17.7 Å². The Morgan fingerprint density at radius 3 is 2.66 bits per heavy atom. The zero-order valence-corrected chi connectivity index (χ0v) is 18.9. The van der Waals surface area contributed by atoms with Crippen LogP contribution in [0.5, 0.6) is 5.75 Å². The van der Waals surface area contributed by atoms with Gasteiger partial charge < -0.3 is 14.8 Å². The number of hydrogen-bond donors (Lipinski definition) is 1. The molecule has 1 aliphatic heterocycles. The van der Waals surface area contributed by atoms with Gasteiger partial charge in [0.15, 0.2) is 0 Å². The Morgan fingerprint density at radius 1 is 1.17 bits per heavy atom. The molecule has 0 bridgehead atoms. The maximum absolute atomic E-state index is 6.36. The normalized spacial score (nSPS) is 18.0.